The molecule has 0 spiro atoms. The highest BCUT2D eigenvalue weighted by atomic mass is 16.1. The number of rotatable bonds is 7. The predicted molar refractivity (Wildman–Crippen MR) is 113 cm³/mol. The van der Waals surface area contributed by atoms with Gasteiger partial charge in [0, 0.05) is 19.3 Å². The van der Waals surface area contributed by atoms with E-state index in [-0.39, 0.29) is 5.91 Å². The number of amides is 1. The molecule has 5 heteroatoms. The predicted octanol–water partition coefficient (Wildman–Crippen LogP) is 3.01. The Morgan fingerprint density at radius 3 is 2.57 bits per heavy atom. The third-order valence-electron chi connectivity index (χ3n) is 5.89. The van der Waals surface area contributed by atoms with E-state index in [1.807, 2.05) is 12.1 Å². The minimum Gasteiger partial charge on any atom is -0.330 e. The molecule has 0 radical (unpaired) electrons. The number of nitrogens with one attached hydrogen (secondary N) is 3. The normalized spacial score (nSPS) is 17.1. The molecule has 1 aromatic carbocycles. The monoisotopic (exact) mass is 380 g/mol. The van der Waals surface area contributed by atoms with Crippen LogP contribution in [0.3, 0.4) is 0 Å². The van der Waals surface area contributed by atoms with Crippen LogP contribution < -0.4 is 16.0 Å². The Hall–Kier alpha value is -2.24. The fourth-order valence-electron chi connectivity index (χ4n) is 4.19. The van der Waals surface area contributed by atoms with Gasteiger partial charge in [-0.2, -0.15) is 0 Å². The molecule has 1 atom stereocenters. The summed E-state index contributed by atoms with van der Waals surface area (Å²) < 4.78 is 0. The minimum atomic E-state index is -0.766. The molecule has 0 saturated carbocycles. The van der Waals surface area contributed by atoms with Crippen LogP contribution in [0.2, 0.25) is 0 Å². The van der Waals surface area contributed by atoms with Gasteiger partial charge in [0.05, 0.1) is 0 Å². The van der Waals surface area contributed by atoms with Crippen LogP contribution in [-0.2, 0) is 10.5 Å². The molecule has 1 saturated heterocycles. The summed E-state index contributed by atoms with van der Waals surface area (Å²) in [4.78, 5) is 16.5. The lowest BCUT2D eigenvalue weighted by atomic mass is 9.86. The first-order chi connectivity index (χ1) is 13.5. The molecule has 0 aliphatic carbocycles. The van der Waals surface area contributed by atoms with Crippen LogP contribution in [0.1, 0.15) is 48.4 Å². The largest absolute Gasteiger partial charge is 0.330 e. The van der Waals surface area contributed by atoms with Crippen molar-refractivity contribution < 1.29 is 4.79 Å². The highest BCUT2D eigenvalue weighted by Crippen LogP contribution is 2.31. The summed E-state index contributed by atoms with van der Waals surface area (Å²) in [6, 6.07) is 10.2. The third kappa shape index (κ3) is 4.59. The molecule has 1 fully saturated rings. The lowest BCUT2D eigenvalue weighted by Crippen LogP contribution is -2.57. The van der Waals surface area contributed by atoms with Gasteiger partial charge in [-0.05, 0) is 93.0 Å². The molecule has 2 heterocycles. The van der Waals surface area contributed by atoms with Crippen LogP contribution in [0, 0.1) is 19.8 Å². The van der Waals surface area contributed by atoms with E-state index in [1.54, 1.807) is 19.3 Å². The minimum absolute atomic E-state index is 0.0629. The van der Waals surface area contributed by atoms with E-state index in [9.17, 15) is 4.79 Å². The van der Waals surface area contributed by atoms with E-state index in [2.05, 4.69) is 53.0 Å². The molecule has 2 aromatic rings. The Labute approximate surface area is 168 Å². The van der Waals surface area contributed by atoms with Gasteiger partial charge in [-0.15, -0.1) is 0 Å². The molecule has 1 aliphatic heterocycles. The fraction of sp³-hybridized carbons (Fsp3) is 0.478. The number of hydrogen-bond donors (Lipinski definition) is 3. The molecule has 1 aliphatic rings. The van der Waals surface area contributed by atoms with Crippen LogP contribution in [0.25, 0.3) is 0 Å². The maximum absolute atomic E-state index is 12.3. The van der Waals surface area contributed by atoms with Crippen molar-refractivity contribution in [3.63, 3.8) is 0 Å². The molecule has 5 nitrogen and oxygen atoms in total. The van der Waals surface area contributed by atoms with Gasteiger partial charge in [0.25, 0.3) is 0 Å². The zero-order chi connectivity index (χ0) is 20.0. The van der Waals surface area contributed by atoms with Crippen LogP contribution in [0.5, 0.6) is 0 Å². The van der Waals surface area contributed by atoms with Gasteiger partial charge in [0.1, 0.15) is 5.66 Å². The van der Waals surface area contributed by atoms with Crippen molar-refractivity contribution >= 4 is 5.91 Å². The summed E-state index contributed by atoms with van der Waals surface area (Å²) in [7, 11) is 0. The number of aryl methyl sites for hydroxylation is 1. The maximum atomic E-state index is 12.3. The summed E-state index contributed by atoms with van der Waals surface area (Å²) in [5.74, 6) is 0.659. The van der Waals surface area contributed by atoms with E-state index in [0.29, 0.717) is 0 Å². The van der Waals surface area contributed by atoms with Gasteiger partial charge in [-0.3, -0.25) is 15.1 Å². The van der Waals surface area contributed by atoms with Crippen molar-refractivity contribution in [2.24, 2.45) is 5.92 Å². The van der Waals surface area contributed by atoms with Gasteiger partial charge in [0.15, 0.2) is 0 Å². The summed E-state index contributed by atoms with van der Waals surface area (Å²) >= 11 is 0. The van der Waals surface area contributed by atoms with Crippen molar-refractivity contribution in [3.8, 4) is 0 Å². The SMILES string of the molecule is CC(=O)NC(NCCC1CCNCC1)(c1ccncc1)c1cccc(C)c1C. The molecule has 1 amide bonds. The average Bonchev–Trinajstić information content (AvgIpc) is 2.70. The number of hydrogen-bond acceptors (Lipinski definition) is 4. The van der Waals surface area contributed by atoms with Crippen molar-refractivity contribution in [2.75, 3.05) is 19.6 Å². The first-order valence-corrected chi connectivity index (χ1v) is 10.2. The average molecular weight is 381 g/mol. The fourth-order valence-corrected chi connectivity index (χ4v) is 4.19. The second-order valence-electron chi connectivity index (χ2n) is 7.82. The molecule has 0 bridgehead atoms. The van der Waals surface area contributed by atoms with Crippen LogP contribution in [0.15, 0.2) is 42.7 Å². The van der Waals surface area contributed by atoms with Gasteiger partial charge >= 0.3 is 0 Å². The highest BCUT2D eigenvalue weighted by Gasteiger charge is 2.36. The smallest absolute Gasteiger partial charge is 0.218 e. The first-order valence-electron chi connectivity index (χ1n) is 10.2. The lowest BCUT2D eigenvalue weighted by Gasteiger charge is -2.38. The number of pyridine rings is 1. The van der Waals surface area contributed by atoms with E-state index >= 15 is 0 Å². The number of benzene rings is 1. The van der Waals surface area contributed by atoms with Crippen LogP contribution in [0.4, 0.5) is 0 Å². The molecule has 3 N–H and O–H groups in total. The molecule has 150 valence electrons. The van der Waals surface area contributed by atoms with Gasteiger partial charge < -0.3 is 10.6 Å². The molecular formula is C23H32N4O. The number of carbonyl (C=O) groups excluding carboxylic acids is 1. The van der Waals surface area contributed by atoms with Crippen molar-refractivity contribution in [1.29, 1.82) is 0 Å². The van der Waals surface area contributed by atoms with E-state index in [0.717, 1.165) is 43.1 Å². The number of piperidine rings is 1. The Morgan fingerprint density at radius 2 is 1.89 bits per heavy atom. The van der Waals surface area contributed by atoms with Gasteiger partial charge in [-0.25, -0.2) is 0 Å². The standard InChI is InChI=1S/C23H32N4O/c1-17-5-4-6-22(18(17)2)23(27-19(3)28,21-10-14-25-15-11-21)26-16-9-20-7-12-24-13-8-20/h4-6,10-11,14-15,20,24,26H,7-9,12-13,16H2,1-3H3,(H,27,28). The quantitative estimate of drug-likeness (QED) is 0.646. The zero-order valence-corrected chi connectivity index (χ0v) is 17.2. The van der Waals surface area contributed by atoms with Crippen LogP contribution >= 0.6 is 0 Å². The third-order valence-corrected chi connectivity index (χ3v) is 5.89. The van der Waals surface area contributed by atoms with Crippen molar-refractivity contribution in [3.05, 3.63) is 65.0 Å². The maximum Gasteiger partial charge on any atom is 0.218 e. The van der Waals surface area contributed by atoms with Crippen molar-refractivity contribution in [1.82, 2.24) is 20.9 Å². The molecule has 28 heavy (non-hydrogen) atoms. The Kier molecular flexibility index (Phi) is 6.81. The molecule has 1 aromatic heterocycles. The number of aromatic nitrogens is 1. The zero-order valence-electron chi connectivity index (χ0n) is 17.2. The van der Waals surface area contributed by atoms with E-state index in [4.69, 9.17) is 0 Å². The van der Waals surface area contributed by atoms with Gasteiger partial charge in [-0.1, -0.05) is 18.2 Å². The Morgan fingerprint density at radius 1 is 1.18 bits per heavy atom. The van der Waals surface area contributed by atoms with Crippen LogP contribution in [-0.4, -0.2) is 30.5 Å². The van der Waals surface area contributed by atoms with E-state index in [1.165, 1.54) is 24.0 Å². The van der Waals surface area contributed by atoms with E-state index < -0.39 is 5.66 Å². The summed E-state index contributed by atoms with van der Waals surface area (Å²) in [5.41, 5.74) is 3.71. The topological polar surface area (TPSA) is 66.1 Å². The molecule has 3 rings (SSSR count). The summed E-state index contributed by atoms with van der Waals surface area (Å²) in [6.45, 7) is 8.84. The number of nitrogens with zero attached hydrogens (tertiary/aromatic N) is 1. The Balaban J connectivity index is 1.97. The van der Waals surface area contributed by atoms with Crippen molar-refractivity contribution in [2.45, 2.75) is 45.7 Å². The lowest BCUT2D eigenvalue weighted by molar-refractivity contribution is -0.120. The number of carbonyl (C=O) groups is 1. The highest BCUT2D eigenvalue weighted by molar-refractivity contribution is 5.75. The molecular weight excluding hydrogens is 348 g/mol. The Bertz CT molecular complexity index is 786. The molecule has 1 unspecified atom stereocenters. The summed E-state index contributed by atoms with van der Waals surface area (Å²) in [5, 5.41) is 10.4. The van der Waals surface area contributed by atoms with Gasteiger partial charge in [0.2, 0.25) is 5.91 Å². The second-order valence-corrected chi connectivity index (χ2v) is 7.82. The second kappa shape index (κ2) is 9.30. The summed E-state index contributed by atoms with van der Waals surface area (Å²) in [6.07, 6.45) is 7.09. The first kappa shape index (κ1) is 20.5.